The van der Waals surface area contributed by atoms with Crippen LogP contribution in [0.4, 0.5) is 5.69 Å². The maximum Gasteiger partial charge on any atom is 0.243 e. The second kappa shape index (κ2) is 4.40. The van der Waals surface area contributed by atoms with Crippen molar-refractivity contribution >= 4 is 11.6 Å². The van der Waals surface area contributed by atoms with E-state index >= 15 is 0 Å². The Kier molecular flexibility index (Phi) is 2.97. The Bertz CT molecular complexity index is 333. The molecule has 15 heavy (non-hydrogen) atoms. The Morgan fingerprint density at radius 3 is 3.13 bits per heavy atom. The van der Waals surface area contributed by atoms with E-state index in [0.717, 1.165) is 25.1 Å². The second-order valence-corrected chi connectivity index (χ2v) is 3.76. The van der Waals surface area contributed by atoms with Crippen molar-refractivity contribution < 1.29 is 4.79 Å². The van der Waals surface area contributed by atoms with Gasteiger partial charge in [-0.15, -0.1) is 0 Å². The predicted molar refractivity (Wildman–Crippen MR) is 58.7 cm³/mol. The number of hydrogen-bond donors (Lipinski definition) is 1. The summed E-state index contributed by atoms with van der Waals surface area (Å²) in [5.41, 5.74) is 0.844. The highest BCUT2D eigenvalue weighted by Gasteiger charge is 2.25. The molecule has 1 saturated heterocycles. The minimum absolute atomic E-state index is 0.0183. The van der Waals surface area contributed by atoms with Gasteiger partial charge in [-0.25, -0.2) is 0 Å². The van der Waals surface area contributed by atoms with Crippen LogP contribution in [0.1, 0.15) is 12.8 Å². The average Bonchev–Trinajstić information content (AvgIpc) is 2.82. The molecule has 1 aliphatic heterocycles. The van der Waals surface area contributed by atoms with Crippen molar-refractivity contribution in [1.29, 1.82) is 0 Å². The van der Waals surface area contributed by atoms with E-state index < -0.39 is 0 Å². The number of carbonyl (C=O) groups excluding carboxylic acids is 1. The van der Waals surface area contributed by atoms with Crippen molar-refractivity contribution in [2.24, 2.45) is 0 Å². The maximum absolute atomic E-state index is 12.0. The van der Waals surface area contributed by atoms with Crippen molar-refractivity contribution in [1.82, 2.24) is 10.3 Å². The number of nitrogens with zero attached hydrogens (tertiary/aromatic N) is 2. The Balaban J connectivity index is 2.07. The molecule has 0 unspecified atom stereocenters. The van der Waals surface area contributed by atoms with Gasteiger partial charge in [-0.05, 0) is 31.5 Å². The maximum atomic E-state index is 12.0. The van der Waals surface area contributed by atoms with Crippen molar-refractivity contribution in [3.63, 3.8) is 0 Å². The molecule has 0 spiro atoms. The van der Waals surface area contributed by atoms with Gasteiger partial charge >= 0.3 is 0 Å². The standard InChI is InChI=1S/C11H15N3O/c1-14(9-4-2-6-12-8-9)11(15)10-5-3-7-13-10/h2,4,6,8,10,13H,3,5,7H2,1H3/t10-/m0/s1. The van der Waals surface area contributed by atoms with Crippen molar-refractivity contribution in [2.75, 3.05) is 18.5 Å². The summed E-state index contributed by atoms with van der Waals surface area (Å²) in [6.07, 6.45) is 5.42. The third-order valence-corrected chi connectivity index (χ3v) is 2.72. The number of nitrogens with one attached hydrogen (secondary N) is 1. The number of hydrogen-bond acceptors (Lipinski definition) is 3. The number of likely N-dealkylation sites (N-methyl/N-ethyl adjacent to an activating group) is 1. The molecule has 1 fully saturated rings. The summed E-state index contributed by atoms with van der Waals surface area (Å²) in [4.78, 5) is 17.6. The summed E-state index contributed by atoms with van der Waals surface area (Å²) in [5, 5.41) is 3.20. The number of pyridine rings is 1. The van der Waals surface area contributed by atoms with Crippen LogP contribution in [-0.4, -0.2) is 30.5 Å². The molecule has 1 N–H and O–H groups in total. The number of rotatable bonds is 2. The molecule has 1 aliphatic rings. The smallest absolute Gasteiger partial charge is 0.243 e. The zero-order chi connectivity index (χ0) is 10.7. The highest BCUT2D eigenvalue weighted by Crippen LogP contribution is 2.14. The topological polar surface area (TPSA) is 45.2 Å². The van der Waals surface area contributed by atoms with E-state index in [9.17, 15) is 4.79 Å². The van der Waals surface area contributed by atoms with Crippen LogP contribution in [0.3, 0.4) is 0 Å². The van der Waals surface area contributed by atoms with Crippen LogP contribution >= 0.6 is 0 Å². The first kappa shape index (κ1) is 10.1. The molecule has 80 valence electrons. The van der Waals surface area contributed by atoms with Gasteiger partial charge in [0.2, 0.25) is 5.91 Å². The number of aromatic nitrogens is 1. The van der Waals surface area contributed by atoms with Crippen LogP contribution < -0.4 is 10.2 Å². The van der Waals surface area contributed by atoms with E-state index in [1.807, 2.05) is 12.1 Å². The van der Waals surface area contributed by atoms with E-state index in [-0.39, 0.29) is 11.9 Å². The molecule has 1 aromatic rings. The first-order chi connectivity index (χ1) is 7.29. The first-order valence-corrected chi connectivity index (χ1v) is 5.20. The Morgan fingerprint density at radius 2 is 2.53 bits per heavy atom. The quantitative estimate of drug-likeness (QED) is 0.776. The largest absolute Gasteiger partial charge is 0.313 e. The van der Waals surface area contributed by atoms with Crippen molar-refractivity contribution in [3.8, 4) is 0 Å². The predicted octanol–water partition coefficient (Wildman–Crippen LogP) is 0.796. The van der Waals surface area contributed by atoms with Gasteiger partial charge in [0.15, 0.2) is 0 Å². The molecule has 1 amide bonds. The van der Waals surface area contributed by atoms with E-state index in [1.165, 1.54) is 0 Å². The normalized spacial score (nSPS) is 20.2. The summed E-state index contributed by atoms with van der Waals surface area (Å²) >= 11 is 0. The zero-order valence-corrected chi connectivity index (χ0v) is 8.81. The van der Waals surface area contributed by atoms with Crippen LogP contribution in [0.25, 0.3) is 0 Å². The van der Waals surface area contributed by atoms with E-state index in [2.05, 4.69) is 10.3 Å². The van der Waals surface area contributed by atoms with Crippen molar-refractivity contribution in [2.45, 2.75) is 18.9 Å². The molecule has 0 saturated carbocycles. The lowest BCUT2D eigenvalue weighted by atomic mass is 10.2. The van der Waals surface area contributed by atoms with Crippen LogP contribution in [0, 0.1) is 0 Å². The molecular formula is C11H15N3O. The fraction of sp³-hybridized carbons (Fsp3) is 0.455. The Hall–Kier alpha value is -1.42. The lowest BCUT2D eigenvalue weighted by Gasteiger charge is -2.20. The molecule has 1 aromatic heterocycles. The molecule has 2 heterocycles. The van der Waals surface area contributed by atoms with Gasteiger partial charge in [0, 0.05) is 13.2 Å². The third-order valence-electron chi connectivity index (χ3n) is 2.72. The first-order valence-electron chi connectivity index (χ1n) is 5.20. The molecule has 0 radical (unpaired) electrons. The van der Waals surface area contributed by atoms with Crippen LogP contribution in [0.15, 0.2) is 24.5 Å². The SMILES string of the molecule is CN(C(=O)[C@@H]1CCCN1)c1cccnc1. The molecule has 4 nitrogen and oxygen atoms in total. The van der Waals surface area contributed by atoms with Crippen LogP contribution in [-0.2, 0) is 4.79 Å². The molecule has 1 atom stereocenters. The van der Waals surface area contributed by atoms with Gasteiger partial charge < -0.3 is 10.2 Å². The summed E-state index contributed by atoms with van der Waals surface area (Å²) in [5.74, 6) is 0.125. The molecule has 0 bridgehead atoms. The van der Waals surface area contributed by atoms with Gasteiger partial charge in [0.25, 0.3) is 0 Å². The Morgan fingerprint density at radius 1 is 1.67 bits per heavy atom. The van der Waals surface area contributed by atoms with Crippen LogP contribution in [0.5, 0.6) is 0 Å². The van der Waals surface area contributed by atoms with Gasteiger partial charge in [-0.3, -0.25) is 9.78 Å². The summed E-state index contributed by atoms with van der Waals surface area (Å²) in [7, 11) is 1.79. The minimum atomic E-state index is -0.0183. The van der Waals surface area contributed by atoms with Gasteiger partial charge in [0.1, 0.15) is 0 Å². The van der Waals surface area contributed by atoms with E-state index in [0.29, 0.717) is 0 Å². The lowest BCUT2D eigenvalue weighted by molar-refractivity contribution is -0.119. The lowest BCUT2D eigenvalue weighted by Crippen LogP contribution is -2.41. The van der Waals surface area contributed by atoms with Gasteiger partial charge in [-0.1, -0.05) is 0 Å². The van der Waals surface area contributed by atoms with Gasteiger partial charge in [0.05, 0.1) is 17.9 Å². The zero-order valence-electron chi connectivity index (χ0n) is 8.81. The van der Waals surface area contributed by atoms with Crippen LogP contribution in [0.2, 0.25) is 0 Å². The fourth-order valence-electron chi connectivity index (χ4n) is 1.81. The summed E-state index contributed by atoms with van der Waals surface area (Å²) in [6, 6.07) is 3.70. The van der Waals surface area contributed by atoms with E-state index in [4.69, 9.17) is 0 Å². The van der Waals surface area contributed by atoms with Gasteiger partial charge in [-0.2, -0.15) is 0 Å². The van der Waals surface area contributed by atoms with Crippen molar-refractivity contribution in [3.05, 3.63) is 24.5 Å². The summed E-state index contributed by atoms with van der Waals surface area (Å²) in [6.45, 7) is 0.942. The molecule has 4 heteroatoms. The highest BCUT2D eigenvalue weighted by atomic mass is 16.2. The number of anilines is 1. The average molecular weight is 205 g/mol. The number of carbonyl (C=O) groups is 1. The van der Waals surface area contributed by atoms with E-state index in [1.54, 1.807) is 24.3 Å². The monoisotopic (exact) mass is 205 g/mol. The molecule has 0 aromatic carbocycles. The summed E-state index contributed by atoms with van der Waals surface area (Å²) < 4.78 is 0. The molecule has 0 aliphatic carbocycles. The molecule has 2 rings (SSSR count). The molecular weight excluding hydrogens is 190 g/mol. The fourth-order valence-corrected chi connectivity index (χ4v) is 1.81. The minimum Gasteiger partial charge on any atom is -0.313 e. The second-order valence-electron chi connectivity index (χ2n) is 3.76. The Labute approximate surface area is 89.3 Å². The number of amides is 1. The third kappa shape index (κ3) is 2.15. The highest BCUT2D eigenvalue weighted by molar-refractivity contribution is 5.96.